The third-order valence-electron chi connectivity index (χ3n) is 3.96. The zero-order valence-corrected chi connectivity index (χ0v) is 10.9. The monoisotopic (exact) mass is 238 g/mol. The molecule has 1 aromatic rings. The Morgan fingerprint density at radius 3 is 2.76 bits per heavy atom. The molecule has 1 atom stereocenters. The summed E-state index contributed by atoms with van der Waals surface area (Å²) in [5.41, 5.74) is 0.103. The van der Waals surface area contributed by atoms with Crippen LogP contribution in [0, 0.1) is 0 Å². The number of likely N-dealkylation sites (N-methyl/N-ethyl adjacent to an activating group) is 1. The molecule has 1 heterocycles. The van der Waals surface area contributed by atoms with Gasteiger partial charge in [0.25, 0.3) is 0 Å². The van der Waals surface area contributed by atoms with Crippen molar-refractivity contribution in [2.45, 2.75) is 43.7 Å². The van der Waals surface area contributed by atoms with Crippen LogP contribution in [0.25, 0.3) is 0 Å². The van der Waals surface area contributed by atoms with E-state index in [4.69, 9.17) is 4.74 Å². The second-order valence-corrected chi connectivity index (χ2v) is 4.93. The summed E-state index contributed by atoms with van der Waals surface area (Å²) in [4.78, 5) is 4.27. The Kier molecular flexibility index (Phi) is 3.79. The van der Waals surface area contributed by atoms with E-state index in [1.807, 2.05) is 25.9 Å². The molecular formula is C12H22N4O. The number of rotatable bonds is 6. The molecule has 1 saturated carbocycles. The van der Waals surface area contributed by atoms with Crippen molar-refractivity contribution in [2.75, 3.05) is 14.2 Å². The van der Waals surface area contributed by atoms with Crippen molar-refractivity contribution in [1.82, 2.24) is 20.1 Å². The minimum Gasteiger partial charge on any atom is -0.378 e. The molecule has 0 aliphatic heterocycles. The van der Waals surface area contributed by atoms with Gasteiger partial charge >= 0.3 is 0 Å². The van der Waals surface area contributed by atoms with Crippen LogP contribution in [-0.4, -0.2) is 40.6 Å². The van der Waals surface area contributed by atoms with Gasteiger partial charge in [0.05, 0.1) is 5.60 Å². The van der Waals surface area contributed by atoms with Crippen LogP contribution in [0.15, 0.2) is 6.33 Å². The Labute approximate surface area is 103 Å². The lowest BCUT2D eigenvalue weighted by Crippen LogP contribution is -2.46. The van der Waals surface area contributed by atoms with E-state index in [0.717, 1.165) is 18.7 Å². The van der Waals surface area contributed by atoms with Crippen molar-refractivity contribution in [3.63, 3.8) is 0 Å². The van der Waals surface area contributed by atoms with Crippen LogP contribution in [0.4, 0.5) is 0 Å². The zero-order chi connectivity index (χ0) is 12.3. The van der Waals surface area contributed by atoms with Crippen molar-refractivity contribution in [3.05, 3.63) is 12.2 Å². The molecule has 0 saturated heterocycles. The number of aromatic nitrogens is 3. The highest BCUT2D eigenvalue weighted by Gasteiger charge is 2.38. The molecule has 17 heavy (non-hydrogen) atoms. The summed E-state index contributed by atoms with van der Waals surface area (Å²) in [6.07, 6.45) is 7.21. The average Bonchev–Trinajstić information content (AvgIpc) is 2.68. The molecule has 0 radical (unpaired) electrons. The smallest absolute Gasteiger partial charge is 0.138 e. The predicted octanol–water partition coefficient (Wildman–Crippen LogP) is 0.905. The standard InChI is InChI=1S/C12H22N4O/c1-13-10(7-11-14-9-15-16(11)2)8-12(17-3)5-4-6-12/h9-10,13H,4-8H2,1-3H3. The molecule has 0 aromatic carbocycles. The molecule has 5 nitrogen and oxygen atoms in total. The summed E-state index contributed by atoms with van der Waals surface area (Å²) in [7, 11) is 5.77. The van der Waals surface area contributed by atoms with Crippen molar-refractivity contribution < 1.29 is 4.74 Å². The molecule has 1 N–H and O–H groups in total. The highest BCUT2D eigenvalue weighted by molar-refractivity contribution is 4.96. The SMILES string of the molecule is CNC(Cc1ncnn1C)CC1(OC)CCC1. The third-order valence-corrected chi connectivity index (χ3v) is 3.96. The van der Waals surface area contributed by atoms with E-state index in [9.17, 15) is 0 Å². The maximum absolute atomic E-state index is 5.67. The highest BCUT2D eigenvalue weighted by Crippen LogP contribution is 2.39. The number of nitrogens with zero attached hydrogens (tertiary/aromatic N) is 3. The number of methoxy groups -OCH3 is 1. The fourth-order valence-corrected chi connectivity index (χ4v) is 2.51. The van der Waals surface area contributed by atoms with Gasteiger partial charge in [0.1, 0.15) is 12.2 Å². The lowest BCUT2D eigenvalue weighted by Gasteiger charge is -2.42. The molecule has 0 bridgehead atoms. The Morgan fingerprint density at radius 2 is 2.35 bits per heavy atom. The van der Waals surface area contributed by atoms with Gasteiger partial charge in [-0.1, -0.05) is 0 Å². The minimum atomic E-state index is 0.103. The van der Waals surface area contributed by atoms with Gasteiger partial charge in [-0.2, -0.15) is 5.10 Å². The van der Waals surface area contributed by atoms with Crippen molar-refractivity contribution >= 4 is 0 Å². The summed E-state index contributed by atoms with van der Waals surface area (Å²) in [6, 6.07) is 0.401. The Morgan fingerprint density at radius 1 is 1.59 bits per heavy atom. The van der Waals surface area contributed by atoms with E-state index < -0.39 is 0 Å². The second kappa shape index (κ2) is 5.14. The van der Waals surface area contributed by atoms with Crippen molar-refractivity contribution in [1.29, 1.82) is 0 Å². The first kappa shape index (κ1) is 12.5. The van der Waals surface area contributed by atoms with Crippen LogP contribution in [0.3, 0.4) is 0 Å². The van der Waals surface area contributed by atoms with E-state index in [2.05, 4.69) is 15.4 Å². The quantitative estimate of drug-likeness (QED) is 0.800. The fraction of sp³-hybridized carbons (Fsp3) is 0.833. The number of aryl methyl sites for hydroxylation is 1. The summed E-state index contributed by atoms with van der Waals surface area (Å²) in [6.45, 7) is 0. The van der Waals surface area contributed by atoms with Gasteiger partial charge < -0.3 is 10.1 Å². The van der Waals surface area contributed by atoms with Crippen LogP contribution in [-0.2, 0) is 18.2 Å². The highest BCUT2D eigenvalue weighted by atomic mass is 16.5. The van der Waals surface area contributed by atoms with E-state index in [1.54, 1.807) is 6.33 Å². The topological polar surface area (TPSA) is 52.0 Å². The van der Waals surface area contributed by atoms with Crippen LogP contribution in [0.2, 0.25) is 0 Å². The molecular weight excluding hydrogens is 216 g/mol. The molecule has 0 amide bonds. The van der Waals surface area contributed by atoms with Gasteiger partial charge in [-0.15, -0.1) is 0 Å². The van der Waals surface area contributed by atoms with Gasteiger partial charge in [-0.3, -0.25) is 4.68 Å². The van der Waals surface area contributed by atoms with Crippen molar-refractivity contribution in [3.8, 4) is 0 Å². The van der Waals surface area contributed by atoms with Gasteiger partial charge in [0.15, 0.2) is 0 Å². The molecule has 0 spiro atoms. The molecule has 2 rings (SSSR count). The first-order chi connectivity index (χ1) is 8.19. The van der Waals surface area contributed by atoms with E-state index in [-0.39, 0.29) is 5.60 Å². The third kappa shape index (κ3) is 2.66. The minimum absolute atomic E-state index is 0.103. The van der Waals surface area contributed by atoms with Gasteiger partial charge in [-0.25, -0.2) is 4.98 Å². The summed E-state index contributed by atoms with van der Waals surface area (Å²) < 4.78 is 7.51. The summed E-state index contributed by atoms with van der Waals surface area (Å²) >= 11 is 0. The van der Waals surface area contributed by atoms with Crippen LogP contribution < -0.4 is 5.32 Å². The number of nitrogens with one attached hydrogen (secondary N) is 1. The van der Waals surface area contributed by atoms with Crippen LogP contribution >= 0.6 is 0 Å². The lowest BCUT2D eigenvalue weighted by molar-refractivity contribution is -0.0831. The largest absolute Gasteiger partial charge is 0.378 e. The maximum atomic E-state index is 5.67. The Bertz CT molecular complexity index is 354. The Hall–Kier alpha value is -0.940. The van der Waals surface area contributed by atoms with Gasteiger partial charge in [0.2, 0.25) is 0 Å². The molecule has 1 fully saturated rings. The summed E-state index contributed by atoms with van der Waals surface area (Å²) in [5.74, 6) is 1.02. The van der Waals surface area contributed by atoms with E-state index in [1.165, 1.54) is 19.3 Å². The maximum Gasteiger partial charge on any atom is 0.138 e. The zero-order valence-electron chi connectivity index (χ0n) is 10.9. The van der Waals surface area contributed by atoms with Gasteiger partial charge in [-0.05, 0) is 32.7 Å². The summed E-state index contributed by atoms with van der Waals surface area (Å²) in [5, 5.41) is 7.47. The second-order valence-electron chi connectivity index (χ2n) is 4.93. The number of hydrogen-bond donors (Lipinski definition) is 1. The molecule has 5 heteroatoms. The molecule has 1 aliphatic rings. The normalized spacial score (nSPS) is 19.9. The molecule has 96 valence electrons. The average molecular weight is 238 g/mol. The fourth-order valence-electron chi connectivity index (χ4n) is 2.51. The van der Waals surface area contributed by atoms with E-state index in [0.29, 0.717) is 6.04 Å². The lowest BCUT2D eigenvalue weighted by atomic mass is 9.75. The molecule has 1 aromatic heterocycles. The number of hydrogen-bond acceptors (Lipinski definition) is 4. The first-order valence-corrected chi connectivity index (χ1v) is 6.24. The molecule has 1 unspecified atom stereocenters. The van der Waals surface area contributed by atoms with Crippen molar-refractivity contribution in [2.24, 2.45) is 7.05 Å². The van der Waals surface area contributed by atoms with Crippen LogP contribution in [0.5, 0.6) is 0 Å². The van der Waals surface area contributed by atoms with Crippen LogP contribution in [0.1, 0.15) is 31.5 Å². The first-order valence-electron chi connectivity index (χ1n) is 6.24. The van der Waals surface area contributed by atoms with E-state index >= 15 is 0 Å². The predicted molar refractivity (Wildman–Crippen MR) is 65.8 cm³/mol. The van der Waals surface area contributed by atoms with Gasteiger partial charge in [0, 0.05) is 26.6 Å². The number of ether oxygens (including phenoxy) is 1. The molecule has 1 aliphatic carbocycles. The Balaban J connectivity index is 1.95.